The van der Waals surface area contributed by atoms with Gasteiger partial charge in [-0.25, -0.2) is 8.42 Å². The first-order chi connectivity index (χ1) is 13.8. The lowest BCUT2D eigenvalue weighted by molar-refractivity contribution is 0.0786. The average molecular weight is 431 g/mol. The van der Waals surface area contributed by atoms with Crippen molar-refractivity contribution in [2.24, 2.45) is 0 Å². The maximum absolute atomic E-state index is 12.8. The van der Waals surface area contributed by atoms with Gasteiger partial charge in [-0.05, 0) is 60.3 Å². The number of benzene rings is 2. The Hall–Kier alpha value is -2.84. The molecule has 1 heterocycles. The molecule has 0 fully saturated rings. The molecule has 152 valence electrons. The first-order valence-corrected chi connectivity index (χ1v) is 11.2. The number of nitrogens with zero attached hydrogens (tertiary/aromatic N) is 1. The van der Waals surface area contributed by atoms with Crippen LogP contribution in [0.1, 0.15) is 20.8 Å². The van der Waals surface area contributed by atoms with Crippen LogP contribution in [0.25, 0.3) is 0 Å². The number of anilines is 1. The minimum absolute atomic E-state index is 0.115. The van der Waals surface area contributed by atoms with Crippen LogP contribution in [0.2, 0.25) is 0 Å². The van der Waals surface area contributed by atoms with E-state index in [1.54, 1.807) is 60.5 Å². The second-order valence-corrected chi connectivity index (χ2v) is 9.27. The maximum atomic E-state index is 12.8. The summed E-state index contributed by atoms with van der Waals surface area (Å²) in [7, 11) is -0.551. The number of methoxy groups -OCH3 is 1. The number of rotatable bonds is 7. The fourth-order valence-corrected chi connectivity index (χ4v) is 4.63. The summed E-state index contributed by atoms with van der Waals surface area (Å²) in [6, 6.07) is 15.0. The molecule has 3 aromatic rings. The second-order valence-electron chi connectivity index (χ2n) is 6.55. The molecule has 1 aromatic heterocycles. The van der Waals surface area contributed by atoms with Crippen molar-refractivity contribution in [3.8, 4) is 5.75 Å². The van der Waals surface area contributed by atoms with Crippen LogP contribution >= 0.6 is 11.3 Å². The molecule has 0 saturated heterocycles. The van der Waals surface area contributed by atoms with Crippen LogP contribution in [-0.4, -0.2) is 33.4 Å². The van der Waals surface area contributed by atoms with E-state index in [-0.39, 0.29) is 10.8 Å². The zero-order valence-electron chi connectivity index (χ0n) is 16.4. The van der Waals surface area contributed by atoms with Crippen molar-refractivity contribution in [3.63, 3.8) is 0 Å². The van der Waals surface area contributed by atoms with E-state index in [1.807, 2.05) is 17.5 Å². The molecule has 29 heavy (non-hydrogen) atoms. The summed E-state index contributed by atoms with van der Waals surface area (Å²) in [6.07, 6.45) is 0. The molecule has 0 aliphatic carbocycles. The van der Waals surface area contributed by atoms with E-state index >= 15 is 0 Å². The lowest BCUT2D eigenvalue weighted by atomic mass is 10.1. The first-order valence-electron chi connectivity index (χ1n) is 8.85. The molecule has 2 aromatic carbocycles. The average Bonchev–Trinajstić information content (AvgIpc) is 3.22. The van der Waals surface area contributed by atoms with Gasteiger partial charge < -0.3 is 9.64 Å². The highest BCUT2D eigenvalue weighted by molar-refractivity contribution is 7.92. The molecule has 0 aliphatic rings. The second kappa shape index (κ2) is 8.67. The molecule has 0 atom stereocenters. The maximum Gasteiger partial charge on any atom is 0.261 e. The van der Waals surface area contributed by atoms with Gasteiger partial charge in [0.05, 0.1) is 24.2 Å². The fourth-order valence-electron chi connectivity index (χ4n) is 2.75. The third-order valence-corrected chi connectivity index (χ3v) is 6.66. The van der Waals surface area contributed by atoms with Crippen molar-refractivity contribution in [1.29, 1.82) is 0 Å². The predicted molar refractivity (Wildman–Crippen MR) is 115 cm³/mol. The lowest BCUT2D eigenvalue weighted by Crippen LogP contribution is -2.26. The number of aryl methyl sites for hydroxylation is 1. The Kier molecular flexibility index (Phi) is 6.24. The van der Waals surface area contributed by atoms with Crippen LogP contribution < -0.4 is 9.46 Å². The Morgan fingerprint density at radius 3 is 2.48 bits per heavy atom. The third-order valence-electron chi connectivity index (χ3n) is 4.42. The Labute approximate surface area is 174 Å². The summed E-state index contributed by atoms with van der Waals surface area (Å²) in [4.78, 5) is 15.6. The van der Waals surface area contributed by atoms with Gasteiger partial charge in [0, 0.05) is 17.5 Å². The summed E-state index contributed by atoms with van der Waals surface area (Å²) in [5, 5.41) is 1.96. The van der Waals surface area contributed by atoms with E-state index in [1.165, 1.54) is 19.2 Å². The summed E-state index contributed by atoms with van der Waals surface area (Å²) in [6.45, 7) is 2.28. The molecule has 0 bridgehead atoms. The number of carbonyl (C=O) groups excluding carboxylic acids is 1. The Balaban J connectivity index is 1.81. The number of carbonyl (C=O) groups is 1. The normalized spacial score (nSPS) is 11.1. The topological polar surface area (TPSA) is 75.7 Å². The zero-order chi connectivity index (χ0) is 21.0. The van der Waals surface area contributed by atoms with Gasteiger partial charge >= 0.3 is 0 Å². The standard InChI is InChI=1S/C21H22N2O4S2/c1-15-6-7-16(21(24)23(2)14-18-5-4-12-28-18)13-20(15)22-29(25,26)19-10-8-17(27-3)9-11-19/h4-13,22H,14H2,1-3H3. The Bertz CT molecular complexity index is 1090. The van der Waals surface area contributed by atoms with Gasteiger partial charge in [0.1, 0.15) is 5.75 Å². The molecule has 0 spiro atoms. The highest BCUT2D eigenvalue weighted by Crippen LogP contribution is 2.23. The highest BCUT2D eigenvalue weighted by atomic mass is 32.2. The summed E-state index contributed by atoms with van der Waals surface area (Å²) in [5.41, 5.74) is 1.51. The molecular formula is C21H22N2O4S2. The molecule has 6 nitrogen and oxygen atoms in total. The smallest absolute Gasteiger partial charge is 0.261 e. The van der Waals surface area contributed by atoms with Gasteiger partial charge in [0.15, 0.2) is 0 Å². The number of nitrogens with one attached hydrogen (secondary N) is 1. The molecule has 0 aliphatic heterocycles. The van der Waals surface area contributed by atoms with Crippen molar-refractivity contribution in [2.45, 2.75) is 18.4 Å². The predicted octanol–water partition coefficient (Wildman–Crippen LogP) is 4.14. The Morgan fingerprint density at radius 1 is 1.14 bits per heavy atom. The number of ether oxygens (including phenoxy) is 1. The molecule has 0 unspecified atom stereocenters. The van der Waals surface area contributed by atoms with E-state index in [2.05, 4.69) is 4.72 Å². The van der Waals surface area contributed by atoms with E-state index in [4.69, 9.17) is 4.74 Å². The van der Waals surface area contributed by atoms with E-state index in [9.17, 15) is 13.2 Å². The SMILES string of the molecule is COc1ccc(S(=O)(=O)Nc2cc(C(=O)N(C)Cc3cccs3)ccc2C)cc1. The largest absolute Gasteiger partial charge is 0.497 e. The van der Waals surface area contributed by atoms with Crippen LogP contribution in [0, 0.1) is 6.92 Å². The molecule has 1 amide bonds. The Morgan fingerprint density at radius 2 is 1.86 bits per heavy atom. The van der Waals surface area contributed by atoms with E-state index in [0.717, 1.165) is 10.4 Å². The number of sulfonamides is 1. The number of hydrogen-bond acceptors (Lipinski definition) is 5. The van der Waals surface area contributed by atoms with Crippen LogP contribution in [0.15, 0.2) is 64.9 Å². The van der Waals surface area contributed by atoms with E-state index in [0.29, 0.717) is 23.5 Å². The lowest BCUT2D eigenvalue weighted by Gasteiger charge is -2.18. The number of thiophene rings is 1. The van der Waals surface area contributed by atoms with Crippen molar-refractivity contribution in [1.82, 2.24) is 4.90 Å². The van der Waals surface area contributed by atoms with Gasteiger partial charge in [-0.1, -0.05) is 12.1 Å². The van der Waals surface area contributed by atoms with Crippen molar-refractivity contribution < 1.29 is 17.9 Å². The summed E-state index contributed by atoms with van der Waals surface area (Å²) >= 11 is 1.58. The molecule has 0 radical (unpaired) electrons. The quantitative estimate of drug-likeness (QED) is 0.611. The zero-order valence-corrected chi connectivity index (χ0v) is 18.0. The monoisotopic (exact) mass is 430 g/mol. The molecule has 0 saturated carbocycles. The van der Waals surface area contributed by atoms with E-state index < -0.39 is 10.0 Å². The third kappa shape index (κ3) is 4.96. The highest BCUT2D eigenvalue weighted by Gasteiger charge is 2.18. The van der Waals surface area contributed by atoms with Gasteiger partial charge in [-0.15, -0.1) is 11.3 Å². The van der Waals surface area contributed by atoms with Crippen molar-refractivity contribution in [2.75, 3.05) is 18.9 Å². The van der Waals surface area contributed by atoms with Gasteiger partial charge in [0.25, 0.3) is 15.9 Å². The van der Waals surface area contributed by atoms with Crippen LogP contribution in [0.3, 0.4) is 0 Å². The van der Waals surface area contributed by atoms with Gasteiger partial charge in [-0.2, -0.15) is 0 Å². The number of amides is 1. The van der Waals surface area contributed by atoms with Crippen molar-refractivity contribution in [3.05, 3.63) is 76.0 Å². The molecule has 8 heteroatoms. The van der Waals surface area contributed by atoms with Crippen LogP contribution in [0.5, 0.6) is 5.75 Å². The van der Waals surface area contributed by atoms with Gasteiger partial charge in [0.2, 0.25) is 0 Å². The molecule has 1 N–H and O–H groups in total. The minimum atomic E-state index is -3.79. The molecule has 3 rings (SSSR count). The summed E-state index contributed by atoms with van der Waals surface area (Å²) in [5.74, 6) is 0.393. The van der Waals surface area contributed by atoms with Crippen molar-refractivity contribution >= 4 is 33.0 Å². The van der Waals surface area contributed by atoms with Gasteiger partial charge in [-0.3, -0.25) is 9.52 Å². The van der Waals surface area contributed by atoms with Crippen LogP contribution in [-0.2, 0) is 16.6 Å². The van der Waals surface area contributed by atoms with Crippen LogP contribution in [0.4, 0.5) is 5.69 Å². The minimum Gasteiger partial charge on any atom is -0.497 e. The first kappa shape index (κ1) is 20.9. The molecular weight excluding hydrogens is 408 g/mol. The summed E-state index contributed by atoms with van der Waals surface area (Å²) < 4.78 is 33.1. The number of hydrogen-bond donors (Lipinski definition) is 1. The fraction of sp³-hybridized carbons (Fsp3) is 0.190.